The molecule has 134 valence electrons. The highest BCUT2D eigenvalue weighted by Gasteiger charge is 2.21. The summed E-state index contributed by atoms with van der Waals surface area (Å²) < 4.78 is 6.47. The van der Waals surface area contributed by atoms with Crippen LogP contribution >= 0.6 is 11.6 Å². The molecule has 2 aromatic carbocycles. The van der Waals surface area contributed by atoms with Crippen molar-refractivity contribution in [1.82, 2.24) is 19.7 Å². The van der Waals surface area contributed by atoms with Crippen molar-refractivity contribution in [2.75, 3.05) is 5.73 Å². The second-order valence-electron chi connectivity index (χ2n) is 5.77. The number of benzene rings is 2. The number of ether oxygens (including phenoxy) is 1. The lowest BCUT2D eigenvalue weighted by molar-refractivity contribution is 0.139. The largest absolute Gasteiger partial charge is 0.443 e. The first-order chi connectivity index (χ1) is 13.1. The van der Waals surface area contributed by atoms with Gasteiger partial charge in [0, 0.05) is 10.6 Å². The van der Waals surface area contributed by atoms with Crippen molar-refractivity contribution in [3.8, 4) is 11.3 Å². The van der Waals surface area contributed by atoms with Gasteiger partial charge in [-0.1, -0.05) is 54.1 Å². The molecule has 2 N–H and O–H groups in total. The molecule has 0 saturated carbocycles. The second-order valence-corrected chi connectivity index (χ2v) is 6.20. The third kappa shape index (κ3) is 3.32. The Bertz CT molecular complexity index is 1110. The van der Waals surface area contributed by atoms with Gasteiger partial charge in [-0.15, -0.1) is 4.68 Å². The molecular formula is C19H14ClN5O2. The molecule has 4 aromatic rings. The molecule has 0 aliphatic carbocycles. The average molecular weight is 380 g/mol. The summed E-state index contributed by atoms with van der Waals surface area (Å²) >= 11 is 5.95. The first-order valence-corrected chi connectivity index (χ1v) is 8.47. The Hall–Kier alpha value is -3.45. The second kappa shape index (κ2) is 7.05. The van der Waals surface area contributed by atoms with Crippen molar-refractivity contribution >= 4 is 34.5 Å². The Morgan fingerprint density at radius 2 is 1.81 bits per heavy atom. The van der Waals surface area contributed by atoms with E-state index in [9.17, 15) is 4.79 Å². The molecule has 0 bridgehead atoms. The molecule has 0 amide bonds. The van der Waals surface area contributed by atoms with Gasteiger partial charge in [-0.3, -0.25) is 0 Å². The number of anilines is 1. The number of nitrogens with zero attached hydrogens (tertiary/aromatic N) is 4. The van der Waals surface area contributed by atoms with Gasteiger partial charge in [0.15, 0.2) is 5.65 Å². The van der Waals surface area contributed by atoms with E-state index in [0.29, 0.717) is 16.1 Å². The molecule has 4 rings (SSSR count). The molecular weight excluding hydrogens is 366 g/mol. The number of hydrogen-bond acceptors (Lipinski definition) is 6. The molecule has 0 fully saturated rings. The monoisotopic (exact) mass is 379 g/mol. The smallest absolute Gasteiger partial charge is 0.437 e. The van der Waals surface area contributed by atoms with Crippen LogP contribution in [0.15, 0.2) is 60.9 Å². The summed E-state index contributed by atoms with van der Waals surface area (Å²) in [7, 11) is 0. The Morgan fingerprint density at radius 3 is 2.56 bits per heavy atom. The Kier molecular flexibility index (Phi) is 4.43. The van der Waals surface area contributed by atoms with Crippen molar-refractivity contribution in [2.45, 2.75) is 6.61 Å². The highest BCUT2D eigenvalue weighted by atomic mass is 35.5. The van der Waals surface area contributed by atoms with Crippen LogP contribution in [0.5, 0.6) is 0 Å². The maximum Gasteiger partial charge on any atom is 0.437 e. The van der Waals surface area contributed by atoms with Crippen LogP contribution in [0.3, 0.4) is 0 Å². The molecule has 8 heteroatoms. The third-order valence-corrected chi connectivity index (χ3v) is 4.24. The summed E-state index contributed by atoms with van der Waals surface area (Å²) in [6.07, 6.45) is 0.633. The number of nitrogen functional groups attached to an aromatic ring is 1. The Labute approximate surface area is 159 Å². The maximum atomic E-state index is 12.6. The normalized spacial score (nSPS) is 10.9. The lowest BCUT2D eigenvalue weighted by Gasteiger charge is -2.04. The molecule has 2 aromatic heterocycles. The van der Waals surface area contributed by atoms with Gasteiger partial charge in [0.1, 0.15) is 24.4 Å². The van der Waals surface area contributed by atoms with Crippen molar-refractivity contribution in [1.29, 1.82) is 0 Å². The van der Waals surface area contributed by atoms with E-state index in [-0.39, 0.29) is 18.1 Å². The molecule has 0 unspecified atom stereocenters. The van der Waals surface area contributed by atoms with Gasteiger partial charge < -0.3 is 10.5 Å². The van der Waals surface area contributed by atoms with Crippen LogP contribution in [0.1, 0.15) is 5.56 Å². The molecule has 0 spiro atoms. The minimum absolute atomic E-state index is 0.123. The predicted molar refractivity (Wildman–Crippen MR) is 102 cm³/mol. The van der Waals surface area contributed by atoms with Crippen molar-refractivity contribution in [3.05, 3.63) is 71.5 Å². The van der Waals surface area contributed by atoms with Gasteiger partial charge in [0.25, 0.3) is 0 Å². The summed E-state index contributed by atoms with van der Waals surface area (Å²) in [4.78, 5) is 20.8. The number of carbonyl (C=O) groups excluding carboxylic acids is 1. The van der Waals surface area contributed by atoms with Crippen LogP contribution < -0.4 is 5.73 Å². The molecule has 0 aliphatic rings. The molecule has 0 aliphatic heterocycles. The van der Waals surface area contributed by atoms with Crippen LogP contribution in [-0.2, 0) is 11.3 Å². The van der Waals surface area contributed by atoms with Crippen LogP contribution in [0.2, 0.25) is 5.02 Å². The number of nitrogens with two attached hydrogens (primary N) is 1. The Balaban J connectivity index is 1.74. The highest BCUT2D eigenvalue weighted by molar-refractivity contribution is 6.30. The summed E-state index contributed by atoms with van der Waals surface area (Å²) in [5.74, 6) is 0.229. The van der Waals surface area contributed by atoms with Gasteiger partial charge in [-0.2, -0.15) is 5.10 Å². The van der Waals surface area contributed by atoms with E-state index in [1.165, 1.54) is 6.33 Å². The van der Waals surface area contributed by atoms with Crippen LogP contribution in [0, 0.1) is 0 Å². The minimum atomic E-state index is -0.651. The fourth-order valence-electron chi connectivity index (χ4n) is 2.69. The number of fused-ring (bicyclic) bond motifs is 1. The lowest BCUT2D eigenvalue weighted by atomic mass is 10.1. The molecule has 0 atom stereocenters. The van der Waals surface area contributed by atoms with E-state index in [1.807, 2.05) is 30.3 Å². The van der Waals surface area contributed by atoms with Crippen molar-refractivity contribution in [2.24, 2.45) is 0 Å². The van der Waals surface area contributed by atoms with Crippen LogP contribution in [-0.4, -0.2) is 25.8 Å². The predicted octanol–water partition coefficient (Wildman–Crippen LogP) is 3.91. The molecule has 0 radical (unpaired) electrons. The number of rotatable bonds is 3. The molecule has 7 nitrogen and oxygen atoms in total. The minimum Gasteiger partial charge on any atom is -0.443 e. The topological polar surface area (TPSA) is 95.9 Å². The zero-order valence-electron chi connectivity index (χ0n) is 14.0. The van der Waals surface area contributed by atoms with Gasteiger partial charge >= 0.3 is 6.09 Å². The number of carbonyl (C=O) groups is 1. The fourth-order valence-corrected chi connectivity index (χ4v) is 2.82. The van der Waals surface area contributed by atoms with Crippen molar-refractivity contribution < 1.29 is 9.53 Å². The zero-order chi connectivity index (χ0) is 18.8. The maximum absolute atomic E-state index is 12.6. The molecule has 27 heavy (non-hydrogen) atoms. The first kappa shape index (κ1) is 17.0. The van der Waals surface area contributed by atoms with E-state index >= 15 is 0 Å². The number of hydrogen-bond donors (Lipinski definition) is 1. The third-order valence-electron chi connectivity index (χ3n) is 3.99. The standard InChI is InChI=1S/C19H14ClN5O2/c20-14-8-6-13(7-9-14)16-15-17(21)22-11-23-18(15)25(24-16)19(26)27-10-12-4-2-1-3-5-12/h1-9,11H,10H2,(H2,21,22,23). The van der Waals surface area contributed by atoms with Gasteiger partial charge in [-0.05, 0) is 17.7 Å². The average Bonchev–Trinajstić information content (AvgIpc) is 3.09. The molecule has 2 heterocycles. The van der Waals surface area contributed by atoms with Gasteiger partial charge in [-0.25, -0.2) is 14.8 Å². The van der Waals surface area contributed by atoms with Crippen molar-refractivity contribution in [3.63, 3.8) is 0 Å². The van der Waals surface area contributed by atoms with Crippen LogP contribution in [0.4, 0.5) is 10.6 Å². The SMILES string of the molecule is Nc1ncnc2c1c(-c1ccc(Cl)cc1)nn2C(=O)OCc1ccccc1. The van der Waals surface area contributed by atoms with Gasteiger partial charge in [0.2, 0.25) is 0 Å². The van der Waals surface area contributed by atoms with E-state index in [2.05, 4.69) is 15.1 Å². The van der Waals surface area contributed by atoms with E-state index in [1.54, 1.807) is 24.3 Å². The fraction of sp³-hybridized carbons (Fsp3) is 0.0526. The van der Waals surface area contributed by atoms with E-state index in [0.717, 1.165) is 15.8 Å². The zero-order valence-corrected chi connectivity index (χ0v) is 14.8. The van der Waals surface area contributed by atoms with Crippen LogP contribution in [0.25, 0.3) is 22.3 Å². The number of aromatic nitrogens is 4. The summed E-state index contributed by atoms with van der Waals surface area (Å²) in [6.45, 7) is 0.123. The summed E-state index contributed by atoms with van der Waals surface area (Å²) in [5.41, 5.74) is 8.39. The van der Waals surface area contributed by atoms with E-state index < -0.39 is 6.09 Å². The van der Waals surface area contributed by atoms with Gasteiger partial charge in [0.05, 0.1) is 5.39 Å². The quantitative estimate of drug-likeness (QED) is 0.579. The summed E-state index contributed by atoms with van der Waals surface area (Å²) in [5, 5.41) is 5.45. The highest BCUT2D eigenvalue weighted by Crippen LogP contribution is 2.30. The molecule has 0 saturated heterocycles. The lowest BCUT2D eigenvalue weighted by Crippen LogP contribution is -2.15. The summed E-state index contributed by atoms with van der Waals surface area (Å²) in [6, 6.07) is 16.4. The van der Waals surface area contributed by atoms with E-state index in [4.69, 9.17) is 22.1 Å². The number of halogens is 1. The first-order valence-electron chi connectivity index (χ1n) is 8.09. The Morgan fingerprint density at radius 1 is 1.07 bits per heavy atom.